The van der Waals surface area contributed by atoms with Gasteiger partial charge in [-0.2, -0.15) is 0 Å². The lowest BCUT2D eigenvalue weighted by atomic mass is 9.99. The smallest absolute Gasteiger partial charge is 0.252 e. The Morgan fingerprint density at radius 1 is 0.957 bits per heavy atom. The van der Waals surface area contributed by atoms with Crippen LogP contribution in [0.1, 0.15) is 63.1 Å². The van der Waals surface area contributed by atoms with Gasteiger partial charge in [0.1, 0.15) is 0 Å². The van der Waals surface area contributed by atoms with Gasteiger partial charge >= 0.3 is 0 Å². The fourth-order valence-corrected chi connectivity index (χ4v) is 3.42. The molecule has 0 fully saturated rings. The summed E-state index contributed by atoms with van der Waals surface area (Å²) in [5.41, 5.74) is 8.31. The molecule has 2 aromatic rings. The Morgan fingerprint density at radius 3 is 2.43 bits per heavy atom. The highest BCUT2D eigenvalue weighted by Crippen LogP contribution is 2.25. The summed E-state index contributed by atoms with van der Waals surface area (Å²) in [7, 11) is 0. The lowest BCUT2D eigenvalue weighted by Crippen LogP contribution is -2.27. The molecule has 0 unspecified atom stereocenters. The third-order valence-corrected chi connectivity index (χ3v) is 5.06. The van der Waals surface area contributed by atoms with E-state index in [-0.39, 0.29) is 11.9 Å². The van der Waals surface area contributed by atoms with Gasteiger partial charge in [0.15, 0.2) is 0 Å². The Hall–Kier alpha value is -2.09. The second kappa shape index (κ2) is 6.19. The molecule has 1 aliphatic rings. The number of hydrogen-bond donors (Lipinski definition) is 1. The van der Waals surface area contributed by atoms with Crippen LogP contribution in [0.15, 0.2) is 30.3 Å². The van der Waals surface area contributed by atoms with Crippen LogP contribution in [0.2, 0.25) is 0 Å². The van der Waals surface area contributed by atoms with Crippen molar-refractivity contribution in [2.75, 3.05) is 0 Å². The van der Waals surface area contributed by atoms with E-state index in [1.807, 2.05) is 13.0 Å². The summed E-state index contributed by atoms with van der Waals surface area (Å²) in [6.07, 6.45) is 3.61. The van der Waals surface area contributed by atoms with E-state index in [4.69, 9.17) is 0 Å². The number of carbonyl (C=O) groups excluding carboxylic acids is 1. The molecule has 0 aromatic heterocycles. The van der Waals surface area contributed by atoms with Crippen molar-refractivity contribution in [2.24, 2.45) is 0 Å². The Labute approximate surface area is 138 Å². The molecule has 1 N–H and O–H groups in total. The van der Waals surface area contributed by atoms with Crippen molar-refractivity contribution in [3.05, 3.63) is 69.3 Å². The van der Waals surface area contributed by atoms with Crippen LogP contribution in [0, 0.1) is 20.8 Å². The Bertz CT molecular complexity index is 761. The molecule has 23 heavy (non-hydrogen) atoms. The predicted molar refractivity (Wildman–Crippen MR) is 95.0 cm³/mol. The van der Waals surface area contributed by atoms with Crippen LogP contribution in [0.5, 0.6) is 0 Å². The van der Waals surface area contributed by atoms with Crippen LogP contribution >= 0.6 is 0 Å². The summed E-state index contributed by atoms with van der Waals surface area (Å²) in [6.45, 7) is 8.19. The van der Waals surface area contributed by atoms with E-state index in [1.54, 1.807) is 0 Å². The molecule has 0 bridgehead atoms. The number of rotatable bonds is 3. The lowest BCUT2D eigenvalue weighted by molar-refractivity contribution is 0.0939. The largest absolute Gasteiger partial charge is 0.346 e. The average Bonchev–Trinajstić information content (AvgIpc) is 2.98. The third kappa shape index (κ3) is 3.17. The van der Waals surface area contributed by atoms with Crippen molar-refractivity contribution in [2.45, 2.75) is 53.0 Å². The highest BCUT2D eigenvalue weighted by atomic mass is 16.1. The van der Waals surface area contributed by atoms with Crippen molar-refractivity contribution < 1.29 is 4.79 Å². The molecular formula is C21H25NO. The number of aryl methyl sites for hydroxylation is 5. The normalized spacial score (nSPS) is 14.4. The summed E-state index contributed by atoms with van der Waals surface area (Å²) < 4.78 is 0. The summed E-state index contributed by atoms with van der Waals surface area (Å²) >= 11 is 0. The highest BCUT2D eigenvalue weighted by Gasteiger charge is 2.17. The molecular weight excluding hydrogens is 282 g/mol. The van der Waals surface area contributed by atoms with Crippen molar-refractivity contribution in [1.82, 2.24) is 5.32 Å². The number of carbonyl (C=O) groups is 1. The molecule has 1 amide bonds. The average molecular weight is 307 g/mol. The molecule has 1 aliphatic carbocycles. The molecule has 120 valence electrons. The number of fused-ring (bicyclic) bond motifs is 1. The molecule has 0 aliphatic heterocycles. The second-order valence-corrected chi connectivity index (χ2v) is 6.83. The number of hydrogen-bond acceptors (Lipinski definition) is 1. The zero-order chi connectivity index (χ0) is 16.6. The fourth-order valence-electron chi connectivity index (χ4n) is 3.42. The first-order chi connectivity index (χ1) is 11.0. The Kier molecular flexibility index (Phi) is 4.25. The summed E-state index contributed by atoms with van der Waals surface area (Å²) in [6, 6.07) is 10.7. The maximum absolute atomic E-state index is 12.6. The second-order valence-electron chi connectivity index (χ2n) is 6.83. The molecule has 0 heterocycles. The van der Waals surface area contributed by atoms with Crippen LogP contribution < -0.4 is 5.32 Å². The van der Waals surface area contributed by atoms with E-state index >= 15 is 0 Å². The lowest BCUT2D eigenvalue weighted by Gasteiger charge is -2.17. The van der Waals surface area contributed by atoms with E-state index in [1.165, 1.54) is 41.5 Å². The van der Waals surface area contributed by atoms with Crippen molar-refractivity contribution >= 4 is 5.91 Å². The standard InChI is InChI=1S/C21H25NO/c1-13-10-15(3)20(11-14(13)2)21(23)22-16(4)18-9-8-17-6-5-7-19(17)12-18/h8-12,16H,5-7H2,1-4H3,(H,22,23)/t16-/m1/s1. The van der Waals surface area contributed by atoms with Crippen LogP contribution in [-0.4, -0.2) is 5.91 Å². The fraction of sp³-hybridized carbons (Fsp3) is 0.381. The number of nitrogens with one attached hydrogen (secondary N) is 1. The minimum atomic E-state index is 0.0126. The maximum Gasteiger partial charge on any atom is 0.252 e. The minimum Gasteiger partial charge on any atom is -0.346 e. The first-order valence-corrected chi connectivity index (χ1v) is 8.46. The monoisotopic (exact) mass is 307 g/mol. The van der Waals surface area contributed by atoms with Gasteiger partial charge in [0, 0.05) is 5.56 Å². The summed E-state index contributed by atoms with van der Waals surface area (Å²) in [5.74, 6) is 0.0126. The number of benzene rings is 2. The maximum atomic E-state index is 12.6. The molecule has 0 saturated carbocycles. The minimum absolute atomic E-state index is 0.0126. The summed E-state index contributed by atoms with van der Waals surface area (Å²) in [4.78, 5) is 12.6. The van der Waals surface area contributed by atoms with Gasteiger partial charge < -0.3 is 5.32 Å². The van der Waals surface area contributed by atoms with Crippen molar-refractivity contribution in [3.8, 4) is 0 Å². The molecule has 2 nitrogen and oxygen atoms in total. The molecule has 2 heteroatoms. The first-order valence-electron chi connectivity index (χ1n) is 8.46. The van der Waals surface area contributed by atoms with Gasteiger partial charge in [-0.25, -0.2) is 0 Å². The Morgan fingerprint density at radius 2 is 1.65 bits per heavy atom. The predicted octanol–water partition coefficient (Wildman–Crippen LogP) is 4.59. The van der Waals surface area contributed by atoms with E-state index in [9.17, 15) is 4.79 Å². The van der Waals surface area contributed by atoms with E-state index < -0.39 is 0 Å². The highest BCUT2D eigenvalue weighted by molar-refractivity contribution is 5.96. The van der Waals surface area contributed by atoms with Gasteiger partial charge in [-0.1, -0.05) is 24.3 Å². The Balaban J connectivity index is 1.78. The van der Waals surface area contributed by atoms with Crippen molar-refractivity contribution in [3.63, 3.8) is 0 Å². The van der Waals surface area contributed by atoms with Gasteiger partial charge in [0.2, 0.25) is 0 Å². The molecule has 0 saturated heterocycles. The van der Waals surface area contributed by atoms with Crippen LogP contribution in [0.4, 0.5) is 0 Å². The summed E-state index contributed by atoms with van der Waals surface area (Å²) in [5, 5.41) is 3.15. The van der Waals surface area contributed by atoms with E-state index in [0.29, 0.717) is 0 Å². The molecule has 0 radical (unpaired) electrons. The van der Waals surface area contributed by atoms with Gasteiger partial charge in [0.25, 0.3) is 5.91 Å². The van der Waals surface area contributed by atoms with Crippen molar-refractivity contribution in [1.29, 1.82) is 0 Å². The SMILES string of the molecule is Cc1cc(C)c(C(=O)N[C@H](C)c2ccc3c(c2)CCC3)cc1C. The quantitative estimate of drug-likeness (QED) is 0.882. The zero-order valence-corrected chi connectivity index (χ0v) is 14.5. The van der Waals surface area contributed by atoms with E-state index in [2.05, 4.69) is 50.4 Å². The van der Waals surface area contributed by atoms with Gasteiger partial charge in [-0.05, 0) is 86.4 Å². The van der Waals surface area contributed by atoms with Gasteiger partial charge in [-0.3, -0.25) is 4.79 Å². The number of amides is 1. The van der Waals surface area contributed by atoms with Crippen LogP contribution in [-0.2, 0) is 12.8 Å². The van der Waals surface area contributed by atoms with Gasteiger partial charge in [-0.15, -0.1) is 0 Å². The molecule has 2 aromatic carbocycles. The third-order valence-electron chi connectivity index (χ3n) is 5.06. The molecule has 0 spiro atoms. The molecule has 3 rings (SSSR count). The van der Waals surface area contributed by atoms with Crippen LogP contribution in [0.3, 0.4) is 0 Å². The van der Waals surface area contributed by atoms with E-state index in [0.717, 1.165) is 16.7 Å². The zero-order valence-electron chi connectivity index (χ0n) is 14.5. The van der Waals surface area contributed by atoms with Crippen LogP contribution in [0.25, 0.3) is 0 Å². The first kappa shape index (κ1) is 15.8. The van der Waals surface area contributed by atoms with Gasteiger partial charge in [0.05, 0.1) is 6.04 Å². The molecule has 1 atom stereocenters. The topological polar surface area (TPSA) is 29.1 Å².